The fourth-order valence-electron chi connectivity index (χ4n) is 2.34. The summed E-state index contributed by atoms with van der Waals surface area (Å²) in [7, 11) is -2.53. The van der Waals surface area contributed by atoms with E-state index in [4.69, 9.17) is 0 Å². The van der Waals surface area contributed by atoms with Crippen molar-refractivity contribution >= 4 is 27.3 Å². The Bertz CT molecular complexity index is 954. The average Bonchev–Trinajstić information content (AvgIpc) is 2.67. The molecule has 0 aliphatic rings. The maximum Gasteiger partial charge on any atom is 0.257 e. The summed E-state index contributed by atoms with van der Waals surface area (Å²) < 4.78 is 25.1. The lowest BCUT2D eigenvalue weighted by atomic mass is 10.1. The summed E-state index contributed by atoms with van der Waals surface area (Å²) in [6, 6.07) is 5.22. The third-order valence-electron chi connectivity index (χ3n) is 3.94. The summed E-state index contributed by atoms with van der Waals surface area (Å²) in [6.07, 6.45) is 3.39. The van der Waals surface area contributed by atoms with Crippen LogP contribution in [0.5, 0.6) is 0 Å². The fourth-order valence-corrected chi connectivity index (χ4v) is 3.93. The van der Waals surface area contributed by atoms with Crippen LogP contribution in [-0.2, 0) is 21.1 Å². The summed E-state index contributed by atoms with van der Waals surface area (Å²) >= 11 is 0. The lowest BCUT2D eigenvalue weighted by molar-refractivity contribution is -0.130. The number of anilines is 1. The van der Waals surface area contributed by atoms with Crippen LogP contribution < -0.4 is 10.6 Å². The average molecular weight is 406 g/mol. The van der Waals surface area contributed by atoms with E-state index in [2.05, 4.69) is 20.6 Å². The zero-order chi connectivity index (χ0) is 20.9. The molecule has 9 nitrogen and oxygen atoms in total. The van der Waals surface area contributed by atoms with Crippen LogP contribution in [-0.4, -0.2) is 53.7 Å². The SMILES string of the molecule is CCc1ncc(NC(=O)[C@@](C)(O)CS(=O)(=O)c2ccc(C(=O)NC)cc2)cn1. The molecule has 2 aromatic rings. The van der Waals surface area contributed by atoms with Crippen molar-refractivity contribution in [2.45, 2.75) is 30.8 Å². The van der Waals surface area contributed by atoms with E-state index in [1.54, 1.807) is 0 Å². The van der Waals surface area contributed by atoms with E-state index in [0.717, 1.165) is 6.92 Å². The van der Waals surface area contributed by atoms with E-state index >= 15 is 0 Å². The molecule has 0 bridgehead atoms. The Labute approximate surface area is 163 Å². The Hall–Kier alpha value is -2.85. The van der Waals surface area contributed by atoms with E-state index in [1.165, 1.54) is 43.7 Å². The molecule has 0 saturated carbocycles. The van der Waals surface area contributed by atoms with E-state index in [0.29, 0.717) is 17.8 Å². The summed E-state index contributed by atoms with van der Waals surface area (Å²) in [5.41, 5.74) is -1.65. The molecular formula is C18H22N4O5S. The minimum atomic E-state index is -3.99. The van der Waals surface area contributed by atoms with Gasteiger partial charge in [-0.15, -0.1) is 0 Å². The van der Waals surface area contributed by atoms with Gasteiger partial charge in [0.15, 0.2) is 15.4 Å². The van der Waals surface area contributed by atoms with Gasteiger partial charge in [-0.3, -0.25) is 9.59 Å². The highest BCUT2D eigenvalue weighted by Crippen LogP contribution is 2.19. The monoisotopic (exact) mass is 406 g/mol. The first-order valence-electron chi connectivity index (χ1n) is 8.48. The Balaban J connectivity index is 2.13. The number of aliphatic hydroxyl groups is 1. The third-order valence-corrected chi connectivity index (χ3v) is 5.87. The predicted octanol–water partition coefficient (Wildman–Crippen LogP) is 0.562. The second-order valence-corrected chi connectivity index (χ2v) is 8.32. The van der Waals surface area contributed by atoms with Gasteiger partial charge in [0.25, 0.3) is 11.8 Å². The van der Waals surface area contributed by atoms with E-state index in [-0.39, 0.29) is 16.5 Å². The number of benzene rings is 1. The van der Waals surface area contributed by atoms with Crippen molar-refractivity contribution in [3.63, 3.8) is 0 Å². The van der Waals surface area contributed by atoms with Crippen LogP contribution in [0.2, 0.25) is 0 Å². The second-order valence-electron chi connectivity index (χ2n) is 6.33. The predicted molar refractivity (Wildman–Crippen MR) is 103 cm³/mol. The van der Waals surface area contributed by atoms with Crippen LogP contribution in [0.3, 0.4) is 0 Å². The molecule has 0 aliphatic carbocycles. The standard InChI is InChI=1S/C18H22N4O5S/c1-4-15-20-9-13(10-21-15)22-17(24)18(2,25)11-28(26,27)14-7-5-12(6-8-14)16(23)19-3/h5-10,25H,4,11H2,1-3H3,(H,19,23)(H,22,24)/t18-/m0/s1. The van der Waals surface area contributed by atoms with Crippen molar-refractivity contribution in [1.82, 2.24) is 15.3 Å². The Morgan fingerprint density at radius 2 is 1.71 bits per heavy atom. The van der Waals surface area contributed by atoms with Crippen LogP contribution in [0.25, 0.3) is 0 Å². The van der Waals surface area contributed by atoms with Crippen LogP contribution >= 0.6 is 0 Å². The Morgan fingerprint density at radius 1 is 1.14 bits per heavy atom. The third kappa shape index (κ3) is 5.11. The first-order chi connectivity index (χ1) is 13.1. The maximum atomic E-state index is 12.6. The number of carbonyl (C=O) groups is 2. The highest BCUT2D eigenvalue weighted by Gasteiger charge is 2.36. The van der Waals surface area contributed by atoms with Crippen LogP contribution in [0.1, 0.15) is 30.0 Å². The molecule has 1 aromatic carbocycles. The normalized spacial score (nSPS) is 13.4. The highest BCUT2D eigenvalue weighted by atomic mass is 32.2. The molecule has 1 heterocycles. The van der Waals surface area contributed by atoms with Crippen molar-refractivity contribution < 1.29 is 23.1 Å². The molecule has 0 fully saturated rings. The van der Waals surface area contributed by atoms with Gasteiger partial charge in [0, 0.05) is 19.0 Å². The van der Waals surface area contributed by atoms with Crippen LogP contribution in [0, 0.1) is 0 Å². The number of aromatic nitrogens is 2. The number of aryl methyl sites for hydroxylation is 1. The van der Waals surface area contributed by atoms with Crippen LogP contribution in [0.15, 0.2) is 41.6 Å². The fraction of sp³-hybridized carbons (Fsp3) is 0.333. The van der Waals surface area contributed by atoms with Gasteiger partial charge in [-0.25, -0.2) is 18.4 Å². The van der Waals surface area contributed by atoms with Crippen LogP contribution in [0.4, 0.5) is 5.69 Å². The van der Waals surface area contributed by atoms with Crippen molar-refractivity contribution in [1.29, 1.82) is 0 Å². The number of nitrogens with zero attached hydrogens (tertiary/aromatic N) is 2. The molecule has 3 N–H and O–H groups in total. The van der Waals surface area contributed by atoms with E-state index in [9.17, 15) is 23.1 Å². The highest BCUT2D eigenvalue weighted by molar-refractivity contribution is 7.91. The number of hydrogen-bond acceptors (Lipinski definition) is 7. The quantitative estimate of drug-likeness (QED) is 0.611. The zero-order valence-electron chi connectivity index (χ0n) is 15.8. The van der Waals surface area contributed by atoms with Gasteiger partial charge in [-0.1, -0.05) is 6.92 Å². The first kappa shape index (κ1) is 21.5. The largest absolute Gasteiger partial charge is 0.379 e. The zero-order valence-corrected chi connectivity index (χ0v) is 16.6. The molecule has 0 spiro atoms. The van der Waals surface area contributed by atoms with Crippen molar-refractivity contribution in [3.05, 3.63) is 48.0 Å². The van der Waals surface area contributed by atoms with Gasteiger partial charge >= 0.3 is 0 Å². The number of amides is 2. The second kappa shape index (κ2) is 8.44. The molecule has 1 aromatic heterocycles. The van der Waals surface area contributed by atoms with Gasteiger partial charge in [-0.2, -0.15) is 0 Å². The molecule has 28 heavy (non-hydrogen) atoms. The minimum absolute atomic E-state index is 0.108. The minimum Gasteiger partial charge on any atom is -0.379 e. The van der Waals surface area contributed by atoms with Crippen molar-refractivity contribution in [3.8, 4) is 0 Å². The van der Waals surface area contributed by atoms with E-state index in [1.807, 2.05) is 6.92 Å². The first-order valence-corrected chi connectivity index (χ1v) is 10.1. The molecule has 0 radical (unpaired) electrons. The molecule has 0 unspecified atom stereocenters. The maximum absolute atomic E-state index is 12.6. The van der Waals surface area contributed by atoms with Gasteiger partial charge in [-0.05, 0) is 31.2 Å². The molecule has 0 aliphatic heterocycles. The Morgan fingerprint density at radius 3 is 2.21 bits per heavy atom. The van der Waals surface area contributed by atoms with Gasteiger partial charge in [0.1, 0.15) is 5.82 Å². The topological polar surface area (TPSA) is 138 Å². The van der Waals surface area contributed by atoms with E-state index < -0.39 is 27.1 Å². The lowest BCUT2D eigenvalue weighted by Gasteiger charge is -2.22. The van der Waals surface area contributed by atoms with Crippen molar-refractivity contribution in [2.24, 2.45) is 0 Å². The number of carbonyl (C=O) groups excluding carboxylic acids is 2. The molecule has 0 saturated heterocycles. The summed E-state index contributed by atoms with van der Waals surface area (Å²) in [4.78, 5) is 31.8. The molecule has 150 valence electrons. The smallest absolute Gasteiger partial charge is 0.257 e. The summed E-state index contributed by atoms with van der Waals surface area (Å²) in [5.74, 6) is -1.50. The van der Waals surface area contributed by atoms with Gasteiger partial charge in [0.2, 0.25) is 0 Å². The molecular weight excluding hydrogens is 384 g/mol. The number of rotatable bonds is 7. The number of hydrogen-bond donors (Lipinski definition) is 3. The summed E-state index contributed by atoms with van der Waals surface area (Å²) in [5, 5.41) is 15.3. The van der Waals surface area contributed by atoms with Crippen molar-refractivity contribution in [2.75, 3.05) is 18.1 Å². The molecule has 1 atom stereocenters. The summed E-state index contributed by atoms with van der Waals surface area (Å²) in [6.45, 7) is 2.99. The molecule has 10 heteroatoms. The number of sulfone groups is 1. The lowest BCUT2D eigenvalue weighted by Crippen LogP contribution is -2.45. The molecule has 2 amide bonds. The number of nitrogens with one attached hydrogen (secondary N) is 2. The molecule has 2 rings (SSSR count). The Kier molecular flexibility index (Phi) is 6.47. The van der Waals surface area contributed by atoms with Gasteiger partial charge < -0.3 is 15.7 Å². The van der Waals surface area contributed by atoms with Gasteiger partial charge in [0.05, 0.1) is 28.7 Å².